The van der Waals surface area contributed by atoms with Crippen molar-refractivity contribution < 1.29 is 8.42 Å². The lowest BCUT2D eigenvalue weighted by Gasteiger charge is -2.11. The number of fused-ring (bicyclic) bond motifs is 1. The fraction of sp³-hybridized carbons (Fsp3) is 0.455. The van der Waals surface area contributed by atoms with E-state index in [2.05, 4.69) is 5.32 Å². The molecule has 0 bridgehead atoms. The van der Waals surface area contributed by atoms with Gasteiger partial charge in [-0.2, -0.15) is 0 Å². The molecule has 1 N–H and O–H groups in total. The molecule has 1 fully saturated rings. The summed E-state index contributed by atoms with van der Waals surface area (Å²) in [5.41, 5.74) is 0.833. The van der Waals surface area contributed by atoms with Crippen molar-refractivity contribution in [2.75, 3.05) is 5.75 Å². The van der Waals surface area contributed by atoms with Crippen LogP contribution in [0.4, 0.5) is 0 Å². The van der Waals surface area contributed by atoms with Gasteiger partial charge in [-0.3, -0.25) is 0 Å². The van der Waals surface area contributed by atoms with Gasteiger partial charge in [0.1, 0.15) is 0 Å². The summed E-state index contributed by atoms with van der Waals surface area (Å²) in [5, 5.41) is 3.95. The van der Waals surface area contributed by atoms with Crippen LogP contribution in [0.5, 0.6) is 0 Å². The Morgan fingerprint density at radius 1 is 1.31 bits per heavy atom. The highest BCUT2D eigenvalue weighted by Gasteiger charge is 2.37. The maximum absolute atomic E-state index is 11.9. The first kappa shape index (κ1) is 10.6. The number of hydrogen-bond donors (Lipinski definition) is 1. The zero-order chi connectivity index (χ0) is 11.3. The predicted octanol–water partition coefficient (Wildman–Crippen LogP) is 1.92. The molecule has 0 radical (unpaired) electrons. The number of halogens is 1. The molecule has 2 aliphatic rings. The quantitative estimate of drug-likeness (QED) is 0.881. The molecule has 1 aromatic carbocycles. The standard InChI is InChI=1S/C11H12ClNO2S/c12-7-1-4-11-9(5-7)10(6-16(11,14)15)13-8-2-3-8/h1,4-5,8,10,13H,2-3,6H2. The first-order valence-corrected chi connectivity index (χ1v) is 7.37. The smallest absolute Gasteiger partial charge is 0.180 e. The lowest BCUT2D eigenvalue weighted by atomic mass is 10.1. The molecular formula is C11H12ClNO2S. The van der Waals surface area contributed by atoms with E-state index in [1.54, 1.807) is 18.2 Å². The van der Waals surface area contributed by atoms with Gasteiger partial charge in [0.2, 0.25) is 0 Å². The first-order valence-electron chi connectivity index (χ1n) is 5.34. The fourth-order valence-electron chi connectivity index (χ4n) is 2.15. The van der Waals surface area contributed by atoms with Gasteiger partial charge in [-0.1, -0.05) is 11.6 Å². The van der Waals surface area contributed by atoms with Crippen molar-refractivity contribution in [1.29, 1.82) is 0 Å². The number of rotatable bonds is 2. The van der Waals surface area contributed by atoms with Gasteiger partial charge in [0, 0.05) is 17.1 Å². The summed E-state index contributed by atoms with van der Waals surface area (Å²) in [7, 11) is -3.11. The largest absolute Gasteiger partial charge is 0.306 e. The Morgan fingerprint density at radius 3 is 2.75 bits per heavy atom. The molecule has 0 amide bonds. The van der Waals surface area contributed by atoms with Crippen LogP contribution >= 0.6 is 11.6 Å². The molecule has 0 saturated heterocycles. The fourth-order valence-corrected chi connectivity index (χ4v) is 4.06. The molecule has 3 rings (SSSR count). The molecule has 0 aromatic heterocycles. The Balaban J connectivity index is 2.04. The molecule has 3 nitrogen and oxygen atoms in total. The highest BCUT2D eigenvalue weighted by Crippen LogP contribution is 2.37. The summed E-state index contributed by atoms with van der Waals surface area (Å²) in [5.74, 6) is 0.166. The maximum Gasteiger partial charge on any atom is 0.180 e. The van der Waals surface area contributed by atoms with Crippen molar-refractivity contribution in [2.24, 2.45) is 0 Å². The van der Waals surface area contributed by atoms with Gasteiger partial charge in [-0.25, -0.2) is 8.42 Å². The van der Waals surface area contributed by atoms with Gasteiger partial charge in [0.05, 0.1) is 10.6 Å². The zero-order valence-corrected chi connectivity index (χ0v) is 10.2. The molecule has 5 heteroatoms. The lowest BCUT2D eigenvalue weighted by Crippen LogP contribution is -2.24. The van der Waals surface area contributed by atoms with Crippen LogP contribution in [0.15, 0.2) is 23.1 Å². The van der Waals surface area contributed by atoms with Gasteiger partial charge in [0.25, 0.3) is 0 Å². The van der Waals surface area contributed by atoms with E-state index in [0.29, 0.717) is 16.0 Å². The molecule has 1 saturated carbocycles. The molecule has 16 heavy (non-hydrogen) atoms. The lowest BCUT2D eigenvalue weighted by molar-refractivity contribution is 0.564. The predicted molar refractivity (Wildman–Crippen MR) is 62.4 cm³/mol. The summed E-state index contributed by atoms with van der Waals surface area (Å²) in [6, 6.07) is 5.43. The van der Waals surface area contributed by atoms with Crippen molar-refractivity contribution in [3.8, 4) is 0 Å². The average molecular weight is 258 g/mol. The van der Waals surface area contributed by atoms with E-state index >= 15 is 0 Å². The minimum Gasteiger partial charge on any atom is -0.306 e. The van der Waals surface area contributed by atoms with E-state index in [9.17, 15) is 8.42 Å². The van der Waals surface area contributed by atoms with Crippen LogP contribution in [-0.2, 0) is 9.84 Å². The van der Waals surface area contributed by atoms with Crippen LogP contribution in [0, 0.1) is 0 Å². The monoisotopic (exact) mass is 257 g/mol. The van der Waals surface area contributed by atoms with Crippen molar-refractivity contribution in [3.05, 3.63) is 28.8 Å². The van der Waals surface area contributed by atoms with Crippen LogP contribution in [0.1, 0.15) is 24.4 Å². The van der Waals surface area contributed by atoms with E-state index in [1.165, 1.54) is 0 Å². The molecule has 86 valence electrons. The molecule has 0 spiro atoms. The second-order valence-corrected chi connectivity index (χ2v) is 6.90. The van der Waals surface area contributed by atoms with Crippen molar-refractivity contribution >= 4 is 21.4 Å². The van der Waals surface area contributed by atoms with Crippen molar-refractivity contribution in [2.45, 2.75) is 29.8 Å². The Bertz CT molecular complexity index is 537. The SMILES string of the molecule is O=S1(=O)CC(NC2CC2)c2cc(Cl)ccc21. The van der Waals surface area contributed by atoms with Gasteiger partial charge in [0.15, 0.2) is 9.84 Å². The minimum atomic E-state index is -3.11. The van der Waals surface area contributed by atoms with Crippen LogP contribution in [0.25, 0.3) is 0 Å². The summed E-state index contributed by atoms with van der Waals surface area (Å²) in [6.07, 6.45) is 2.29. The molecule has 1 aliphatic carbocycles. The summed E-state index contributed by atoms with van der Waals surface area (Å²) < 4.78 is 23.8. The van der Waals surface area contributed by atoms with Crippen molar-refractivity contribution in [1.82, 2.24) is 5.32 Å². The molecule has 1 heterocycles. The third kappa shape index (κ3) is 1.75. The summed E-state index contributed by atoms with van der Waals surface area (Å²) >= 11 is 5.91. The highest BCUT2D eigenvalue weighted by molar-refractivity contribution is 7.91. The summed E-state index contributed by atoms with van der Waals surface area (Å²) in [4.78, 5) is 0.440. The Labute approximate surface area is 99.7 Å². The third-order valence-corrected chi connectivity index (χ3v) is 5.13. The number of nitrogens with one attached hydrogen (secondary N) is 1. The van der Waals surface area contributed by atoms with Crippen LogP contribution in [0.3, 0.4) is 0 Å². The first-order chi connectivity index (χ1) is 7.56. The molecular weight excluding hydrogens is 246 g/mol. The normalized spacial score (nSPS) is 26.7. The van der Waals surface area contributed by atoms with Gasteiger partial charge >= 0.3 is 0 Å². The van der Waals surface area contributed by atoms with Crippen LogP contribution < -0.4 is 5.32 Å². The molecule has 1 aliphatic heterocycles. The average Bonchev–Trinajstić information content (AvgIpc) is 2.95. The second kappa shape index (κ2) is 3.45. The molecule has 1 aromatic rings. The molecule has 1 atom stereocenters. The Morgan fingerprint density at radius 2 is 2.06 bits per heavy atom. The van der Waals surface area contributed by atoms with E-state index in [-0.39, 0.29) is 11.8 Å². The van der Waals surface area contributed by atoms with E-state index in [4.69, 9.17) is 11.6 Å². The van der Waals surface area contributed by atoms with Crippen LogP contribution in [-0.4, -0.2) is 20.2 Å². The summed E-state index contributed by atoms with van der Waals surface area (Å²) in [6.45, 7) is 0. The highest BCUT2D eigenvalue weighted by atomic mass is 35.5. The number of benzene rings is 1. The van der Waals surface area contributed by atoms with E-state index in [0.717, 1.165) is 18.4 Å². The number of hydrogen-bond acceptors (Lipinski definition) is 3. The van der Waals surface area contributed by atoms with E-state index < -0.39 is 9.84 Å². The third-order valence-electron chi connectivity index (χ3n) is 3.08. The van der Waals surface area contributed by atoms with Crippen LogP contribution in [0.2, 0.25) is 5.02 Å². The van der Waals surface area contributed by atoms with E-state index in [1.807, 2.05) is 0 Å². The Kier molecular flexibility index (Phi) is 2.28. The van der Waals surface area contributed by atoms with Gasteiger partial charge < -0.3 is 5.32 Å². The second-order valence-electron chi connectivity index (χ2n) is 4.46. The minimum absolute atomic E-state index is 0.0776. The Hall–Kier alpha value is -0.580. The maximum atomic E-state index is 11.9. The van der Waals surface area contributed by atoms with Gasteiger partial charge in [-0.05, 0) is 36.6 Å². The molecule has 1 unspecified atom stereocenters. The van der Waals surface area contributed by atoms with Gasteiger partial charge in [-0.15, -0.1) is 0 Å². The topological polar surface area (TPSA) is 46.2 Å². The zero-order valence-electron chi connectivity index (χ0n) is 8.61. The number of sulfone groups is 1. The van der Waals surface area contributed by atoms with Crippen molar-refractivity contribution in [3.63, 3.8) is 0 Å².